The fourth-order valence-corrected chi connectivity index (χ4v) is 0.909. The summed E-state index contributed by atoms with van der Waals surface area (Å²) in [5.41, 5.74) is -2.11. The molecule has 0 aromatic heterocycles. The van der Waals surface area contributed by atoms with Crippen LogP contribution in [0.4, 0.5) is 4.39 Å². The number of hydrogen-bond acceptors (Lipinski definition) is 2. The standard InChI is InChI=1S/C4H9FO3S.K.H/c1-2-3-4(5)9(6,7)8;;/h4H,2-3H2,1H3,(H,6,7,8);;/q;+1;-1. The van der Waals surface area contributed by atoms with Crippen LogP contribution in [0.2, 0.25) is 0 Å². The Morgan fingerprint density at radius 3 is 2.20 bits per heavy atom. The largest absolute Gasteiger partial charge is 1.00 e. The molecule has 3 nitrogen and oxygen atoms in total. The summed E-state index contributed by atoms with van der Waals surface area (Å²) in [5.74, 6) is 0. The Morgan fingerprint density at radius 2 is 2.10 bits per heavy atom. The van der Waals surface area contributed by atoms with Gasteiger partial charge in [0.2, 0.25) is 5.50 Å². The molecule has 0 saturated carbocycles. The van der Waals surface area contributed by atoms with Crippen molar-refractivity contribution in [2.75, 3.05) is 0 Å². The van der Waals surface area contributed by atoms with Gasteiger partial charge < -0.3 is 1.43 Å². The van der Waals surface area contributed by atoms with Crippen molar-refractivity contribution in [2.45, 2.75) is 25.3 Å². The summed E-state index contributed by atoms with van der Waals surface area (Å²) in [6.45, 7) is 1.64. The molecule has 1 N–H and O–H groups in total. The summed E-state index contributed by atoms with van der Waals surface area (Å²) in [6.07, 6.45) is 0.264. The van der Waals surface area contributed by atoms with E-state index in [2.05, 4.69) is 0 Å². The molecule has 0 spiro atoms. The molecule has 1 atom stereocenters. The summed E-state index contributed by atoms with van der Waals surface area (Å²) in [6, 6.07) is 0. The van der Waals surface area contributed by atoms with Crippen molar-refractivity contribution in [2.24, 2.45) is 0 Å². The van der Waals surface area contributed by atoms with Gasteiger partial charge in [0, 0.05) is 0 Å². The molecule has 10 heavy (non-hydrogen) atoms. The van der Waals surface area contributed by atoms with Crippen LogP contribution in [0.25, 0.3) is 0 Å². The molecular weight excluding hydrogens is 186 g/mol. The van der Waals surface area contributed by atoms with Crippen LogP contribution in [0, 0.1) is 0 Å². The first-order valence-electron chi connectivity index (χ1n) is 2.59. The predicted octanol–water partition coefficient (Wildman–Crippen LogP) is -1.91. The average Bonchev–Trinajstić information content (AvgIpc) is 1.64. The van der Waals surface area contributed by atoms with Crippen molar-refractivity contribution >= 4 is 10.1 Å². The average molecular weight is 196 g/mol. The van der Waals surface area contributed by atoms with E-state index in [1.165, 1.54) is 0 Å². The molecule has 0 aliphatic rings. The van der Waals surface area contributed by atoms with Crippen molar-refractivity contribution in [3.63, 3.8) is 0 Å². The second-order valence-corrected chi connectivity index (χ2v) is 3.26. The smallest absolute Gasteiger partial charge is 1.00 e. The second-order valence-electron chi connectivity index (χ2n) is 1.71. The van der Waals surface area contributed by atoms with E-state index in [-0.39, 0.29) is 59.2 Å². The van der Waals surface area contributed by atoms with Crippen molar-refractivity contribution in [3.8, 4) is 0 Å². The quantitative estimate of drug-likeness (QED) is 0.423. The third-order valence-electron chi connectivity index (χ3n) is 0.839. The van der Waals surface area contributed by atoms with E-state index in [4.69, 9.17) is 4.55 Å². The first-order valence-corrected chi connectivity index (χ1v) is 4.09. The van der Waals surface area contributed by atoms with Gasteiger partial charge >= 0.3 is 51.4 Å². The Labute approximate surface area is 104 Å². The van der Waals surface area contributed by atoms with Crippen LogP contribution in [0.3, 0.4) is 0 Å². The van der Waals surface area contributed by atoms with Gasteiger partial charge in [0.1, 0.15) is 0 Å². The molecule has 6 heteroatoms. The van der Waals surface area contributed by atoms with Gasteiger partial charge in [-0.1, -0.05) is 13.3 Å². The van der Waals surface area contributed by atoms with E-state index in [9.17, 15) is 12.8 Å². The Hall–Kier alpha value is 1.48. The van der Waals surface area contributed by atoms with E-state index in [0.29, 0.717) is 6.42 Å². The molecule has 0 aromatic carbocycles. The summed E-state index contributed by atoms with van der Waals surface area (Å²) in [4.78, 5) is 0. The number of halogens is 1. The fourth-order valence-electron chi connectivity index (χ4n) is 0.376. The van der Waals surface area contributed by atoms with Crippen molar-refractivity contribution in [1.82, 2.24) is 0 Å². The van der Waals surface area contributed by atoms with Gasteiger partial charge in [-0.25, -0.2) is 4.39 Å². The third kappa shape index (κ3) is 6.20. The minimum absolute atomic E-state index is 0. The molecule has 0 amide bonds. The fraction of sp³-hybridized carbons (Fsp3) is 1.00. The van der Waals surface area contributed by atoms with Gasteiger partial charge in [0.15, 0.2) is 0 Å². The third-order valence-corrected chi connectivity index (χ3v) is 1.72. The molecule has 0 aliphatic heterocycles. The molecule has 1 unspecified atom stereocenters. The van der Waals surface area contributed by atoms with Gasteiger partial charge in [0.25, 0.3) is 10.1 Å². The summed E-state index contributed by atoms with van der Waals surface area (Å²) in [5, 5.41) is 0. The molecule has 0 aliphatic carbocycles. The topological polar surface area (TPSA) is 54.4 Å². The van der Waals surface area contributed by atoms with Gasteiger partial charge in [-0.05, 0) is 6.42 Å². The normalized spacial score (nSPS) is 13.9. The van der Waals surface area contributed by atoms with Gasteiger partial charge in [0.05, 0.1) is 0 Å². The summed E-state index contributed by atoms with van der Waals surface area (Å²) < 4.78 is 39.9. The van der Waals surface area contributed by atoms with Crippen molar-refractivity contribution < 1.29 is 70.2 Å². The Morgan fingerprint density at radius 1 is 1.70 bits per heavy atom. The number of alkyl halides is 1. The number of rotatable bonds is 3. The van der Waals surface area contributed by atoms with Gasteiger partial charge in [-0.15, -0.1) is 0 Å². The molecule has 0 radical (unpaired) electrons. The Kier molecular flexibility index (Phi) is 8.48. The number of hydrogen-bond donors (Lipinski definition) is 1. The minimum atomic E-state index is -4.43. The molecule has 0 saturated heterocycles. The van der Waals surface area contributed by atoms with Crippen LogP contribution < -0.4 is 51.4 Å². The molecular formula is C4H10FKO3S. The first kappa shape index (κ1) is 14.0. The van der Waals surface area contributed by atoms with Crippen molar-refractivity contribution in [3.05, 3.63) is 0 Å². The molecule has 0 rings (SSSR count). The van der Waals surface area contributed by atoms with E-state index >= 15 is 0 Å². The van der Waals surface area contributed by atoms with E-state index in [0.717, 1.165) is 0 Å². The van der Waals surface area contributed by atoms with Crippen LogP contribution >= 0.6 is 0 Å². The molecule has 0 bridgehead atoms. The van der Waals surface area contributed by atoms with Crippen LogP contribution in [0.15, 0.2) is 0 Å². The van der Waals surface area contributed by atoms with Crippen molar-refractivity contribution in [1.29, 1.82) is 0 Å². The van der Waals surface area contributed by atoms with Crippen LogP contribution in [-0.2, 0) is 10.1 Å². The minimum Gasteiger partial charge on any atom is -1.00 e. The summed E-state index contributed by atoms with van der Waals surface area (Å²) >= 11 is 0. The van der Waals surface area contributed by atoms with E-state index in [1.54, 1.807) is 6.92 Å². The SMILES string of the molecule is CCCC(F)S(=O)(=O)O.[H-].[K+]. The first-order chi connectivity index (χ1) is 3.98. The second kappa shape index (κ2) is 6.04. The predicted molar refractivity (Wildman–Crippen MR) is 32.5 cm³/mol. The maximum atomic E-state index is 12.1. The molecule has 58 valence electrons. The maximum Gasteiger partial charge on any atom is 1.00 e. The Balaban J connectivity index is -0.000000320. The molecule has 0 heterocycles. The van der Waals surface area contributed by atoms with E-state index < -0.39 is 15.6 Å². The van der Waals surface area contributed by atoms with Gasteiger partial charge in [-0.3, -0.25) is 4.55 Å². The monoisotopic (exact) mass is 196 g/mol. The zero-order valence-corrected chi connectivity index (χ0v) is 9.98. The zero-order chi connectivity index (χ0) is 7.49. The molecule has 0 fully saturated rings. The summed E-state index contributed by atoms with van der Waals surface area (Å²) in [7, 11) is -4.43. The molecule has 0 aromatic rings. The van der Waals surface area contributed by atoms with Crippen LogP contribution in [0.5, 0.6) is 0 Å². The Bertz CT molecular complexity index is 172. The van der Waals surface area contributed by atoms with Gasteiger partial charge in [-0.2, -0.15) is 8.42 Å². The van der Waals surface area contributed by atoms with E-state index in [1.807, 2.05) is 0 Å². The van der Waals surface area contributed by atoms with Crippen LogP contribution in [-0.4, -0.2) is 18.5 Å². The zero-order valence-electron chi connectivity index (χ0n) is 7.04. The van der Waals surface area contributed by atoms with Crippen LogP contribution in [0.1, 0.15) is 21.2 Å². The maximum absolute atomic E-state index is 12.1.